The van der Waals surface area contributed by atoms with Crippen LogP contribution in [0.25, 0.3) is 11.1 Å². The number of rotatable bonds is 8. The molecule has 3 N–H and O–H groups in total. The van der Waals surface area contributed by atoms with Crippen molar-refractivity contribution in [2.45, 2.75) is 31.8 Å². The summed E-state index contributed by atoms with van der Waals surface area (Å²) >= 11 is 0. The molecule has 1 aliphatic rings. The van der Waals surface area contributed by atoms with Gasteiger partial charge in [-0.1, -0.05) is 60.7 Å². The van der Waals surface area contributed by atoms with Gasteiger partial charge in [0.1, 0.15) is 6.61 Å². The maximum Gasteiger partial charge on any atom is 0.407 e. The number of carboxylic acid groups (broad SMARTS) is 1. The fraction of sp³-hybridized carbons (Fsp3) is 0.222. The highest BCUT2D eigenvalue weighted by Gasteiger charge is 2.29. The predicted molar refractivity (Wildman–Crippen MR) is 128 cm³/mol. The Morgan fingerprint density at radius 3 is 2.24 bits per heavy atom. The van der Waals surface area contributed by atoms with Gasteiger partial charge in [-0.05, 0) is 46.9 Å². The van der Waals surface area contributed by atoms with Crippen LogP contribution in [-0.2, 0) is 16.1 Å². The van der Waals surface area contributed by atoms with Gasteiger partial charge in [0.25, 0.3) is 0 Å². The van der Waals surface area contributed by atoms with E-state index in [1.165, 1.54) is 12.1 Å². The largest absolute Gasteiger partial charge is 0.478 e. The van der Waals surface area contributed by atoms with Crippen LogP contribution in [0.2, 0.25) is 0 Å². The molecule has 7 nitrogen and oxygen atoms in total. The molecule has 1 atom stereocenters. The third kappa shape index (κ3) is 5.26. The number of ether oxygens (including phenoxy) is 1. The molecular weight excluding hydrogens is 432 g/mol. The van der Waals surface area contributed by atoms with E-state index >= 15 is 0 Å². The summed E-state index contributed by atoms with van der Waals surface area (Å²) in [5, 5.41) is 14.5. The van der Waals surface area contributed by atoms with Crippen molar-refractivity contribution in [1.29, 1.82) is 0 Å². The number of carbonyl (C=O) groups is 3. The Hall–Kier alpha value is -4.13. The van der Waals surface area contributed by atoms with Crippen LogP contribution >= 0.6 is 0 Å². The molecule has 34 heavy (non-hydrogen) atoms. The number of carboxylic acids is 1. The molecule has 7 heteroatoms. The van der Waals surface area contributed by atoms with E-state index < -0.39 is 18.1 Å². The molecule has 0 saturated heterocycles. The van der Waals surface area contributed by atoms with Crippen LogP contribution in [0.4, 0.5) is 4.79 Å². The molecule has 174 valence electrons. The number of aromatic carboxylic acids is 1. The Morgan fingerprint density at radius 2 is 1.59 bits per heavy atom. The molecule has 0 bridgehead atoms. The molecule has 0 unspecified atom stereocenters. The molecule has 0 aromatic heterocycles. The number of alkyl carbamates (subject to hydrolysis) is 1. The molecule has 3 aromatic rings. The summed E-state index contributed by atoms with van der Waals surface area (Å²) in [5.74, 6) is -1.31. The Kier molecular flexibility index (Phi) is 6.92. The van der Waals surface area contributed by atoms with Crippen molar-refractivity contribution in [3.05, 3.63) is 95.1 Å². The van der Waals surface area contributed by atoms with Gasteiger partial charge in [0.15, 0.2) is 0 Å². The number of hydrogen-bond donors (Lipinski definition) is 3. The molecule has 4 rings (SSSR count). The first-order chi connectivity index (χ1) is 16.4. The molecule has 0 saturated carbocycles. The van der Waals surface area contributed by atoms with E-state index in [4.69, 9.17) is 9.84 Å². The van der Waals surface area contributed by atoms with Crippen molar-refractivity contribution >= 4 is 18.0 Å². The zero-order valence-corrected chi connectivity index (χ0v) is 18.8. The van der Waals surface area contributed by atoms with Crippen molar-refractivity contribution in [3.8, 4) is 11.1 Å². The third-order valence-electron chi connectivity index (χ3n) is 5.86. The number of nitrogens with one attached hydrogen (secondary N) is 2. The van der Waals surface area contributed by atoms with Gasteiger partial charge in [-0.3, -0.25) is 4.79 Å². The second kappa shape index (κ2) is 10.2. The molecule has 0 fully saturated rings. The van der Waals surface area contributed by atoms with Crippen molar-refractivity contribution in [3.63, 3.8) is 0 Å². The number of benzene rings is 3. The maximum atomic E-state index is 12.4. The van der Waals surface area contributed by atoms with E-state index in [0.29, 0.717) is 5.56 Å². The minimum atomic E-state index is -1.02. The fourth-order valence-electron chi connectivity index (χ4n) is 4.26. The first kappa shape index (κ1) is 23.0. The van der Waals surface area contributed by atoms with E-state index in [2.05, 4.69) is 34.9 Å². The van der Waals surface area contributed by atoms with E-state index in [-0.39, 0.29) is 37.0 Å². The van der Waals surface area contributed by atoms with Gasteiger partial charge in [-0.25, -0.2) is 9.59 Å². The van der Waals surface area contributed by atoms with Gasteiger partial charge in [-0.15, -0.1) is 0 Å². The standard InChI is InChI=1S/C27H26N2O5/c1-17(13-25(30)28-15-18-7-6-8-19(14-18)26(31)32)29-27(33)34-16-24-22-11-4-2-9-20(22)21-10-3-5-12-23(21)24/h2-12,14,17,24H,13,15-16H2,1H3,(H,28,30)(H,29,33)(H,31,32)/t17-/m0/s1. The molecular formula is C27H26N2O5. The zero-order valence-electron chi connectivity index (χ0n) is 18.8. The molecule has 2 amide bonds. The SMILES string of the molecule is C[C@@H](CC(=O)NCc1cccc(C(=O)O)c1)NC(=O)OCC1c2ccccc2-c2ccccc21. The highest BCUT2D eigenvalue weighted by Crippen LogP contribution is 2.44. The number of amides is 2. The smallest absolute Gasteiger partial charge is 0.407 e. The summed E-state index contributed by atoms with van der Waals surface area (Å²) in [5.41, 5.74) is 5.44. The lowest BCUT2D eigenvalue weighted by molar-refractivity contribution is -0.121. The monoisotopic (exact) mass is 458 g/mol. The van der Waals surface area contributed by atoms with Crippen molar-refractivity contribution < 1.29 is 24.2 Å². The summed E-state index contributed by atoms with van der Waals surface area (Å²) in [6.07, 6.45) is -0.501. The van der Waals surface area contributed by atoms with E-state index in [1.54, 1.807) is 19.1 Å². The minimum absolute atomic E-state index is 0.0293. The van der Waals surface area contributed by atoms with Gasteiger partial charge in [0.2, 0.25) is 5.91 Å². The normalized spacial score (nSPS) is 12.9. The number of hydrogen-bond acceptors (Lipinski definition) is 4. The lowest BCUT2D eigenvalue weighted by atomic mass is 9.98. The number of fused-ring (bicyclic) bond motifs is 3. The molecule has 0 spiro atoms. The third-order valence-corrected chi connectivity index (χ3v) is 5.86. The average Bonchev–Trinajstić information content (AvgIpc) is 3.15. The predicted octanol–water partition coefficient (Wildman–Crippen LogP) is 4.32. The topological polar surface area (TPSA) is 105 Å². The summed E-state index contributed by atoms with van der Waals surface area (Å²) in [6.45, 7) is 2.14. The molecule has 1 aliphatic carbocycles. The molecule has 0 heterocycles. The van der Waals surface area contributed by atoms with E-state index in [0.717, 1.165) is 22.3 Å². The van der Waals surface area contributed by atoms with Crippen molar-refractivity contribution in [1.82, 2.24) is 10.6 Å². The van der Waals surface area contributed by atoms with Crippen LogP contribution in [0.15, 0.2) is 72.8 Å². The zero-order chi connectivity index (χ0) is 24.1. The Balaban J connectivity index is 1.26. The lowest BCUT2D eigenvalue weighted by Crippen LogP contribution is -2.38. The quantitative estimate of drug-likeness (QED) is 0.466. The van der Waals surface area contributed by atoms with E-state index in [1.807, 2.05) is 24.3 Å². The Morgan fingerprint density at radius 1 is 0.941 bits per heavy atom. The second-order valence-corrected chi connectivity index (χ2v) is 8.36. The number of carbonyl (C=O) groups excluding carboxylic acids is 2. The summed E-state index contributed by atoms with van der Waals surface area (Å²) in [6, 6.07) is 22.2. The second-order valence-electron chi connectivity index (χ2n) is 8.36. The molecule has 0 radical (unpaired) electrons. The van der Waals surface area contributed by atoms with Gasteiger partial charge in [-0.2, -0.15) is 0 Å². The lowest BCUT2D eigenvalue weighted by Gasteiger charge is -2.17. The van der Waals surface area contributed by atoms with Gasteiger partial charge in [0.05, 0.1) is 5.56 Å². The summed E-state index contributed by atoms with van der Waals surface area (Å²) in [4.78, 5) is 35.7. The highest BCUT2D eigenvalue weighted by molar-refractivity contribution is 5.87. The van der Waals surface area contributed by atoms with E-state index in [9.17, 15) is 14.4 Å². The van der Waals surface area contributed by atoms with Crippen molar-refractivity contribution in [2.24, 2.45) is 0 Å². The minimum Gasteiger partial charge on any atom is -0.478 e. The Bertz CT molecular complexity index is 1180. The van der Waals surface area contributed by atoms with Crippen LogP contribution in [0, 0.1) is 0 Å². The first-order valence-corrected chi connectivity index (χ1v) is 11.1. The molecule has 0 aliphatic heterocycles. The summed E-state index contributed by atoms with van der Waals surface area (Å²) < 4.78 is 5.52. The van der Waals surface area contributed by atoms with Gasteiger partial charge >= 0.3 is 12.1 Å². The van der Waals surface area contributed by atoms with Gasteiger partial charge in [0, 0.05) is 24.9 Å². The fourth-order valence-corrected chi connectivity index (χ4v) is 4.26. The van der Waals surface area contributed by atoms with Gasteiger partial charge < -0.3 is 20.5 Å². The maximum absolute atomic E-state index is 12.4. The van der Waals surface area contributed by atoms with Crippen LogP contribution in [0.5, 0.6) is 0 Å². The molecule has 3 aromatic carbocycles. The average molecular weight is 459 g/mol. The van der Waals surface area contributed by atoms with Crippen LogP contribution in [-0.4, -0.2) is 35.7 Å². The Labute approximate surface area is 197 Å². The first-order valence-electron chi connectivity index (χ1n) is 11.1. The van der Waals surface area contributed by atoms with Crippen LogP contribution in [0.3, 0.4) is 0 Å². The van der Waals surface area contributed by atoms with Crippen molar-refractivity contribution in [2.75, 3.05) is 6.61 Å². The van der Waals surface area contributed by atoms with Crippen LogP contribution < -0.4 is 10.6 Å². The summed E-state index contributed by atoms with van der Waals surface area (Å²) in [7, 11) is 0. The van der Waals surface area contributed by atoms with Crippen LogP contribution in [0.1, 0.15) is 46.3 Å². The highest BCUT2D eigenvalue weighted by atomic mass is 16.5.